The van der Waals surface area contributed by atoms with E-state index < -0.39 is 0 Å². The number of hydrogen-bond acceptors (Lipinski definition) is 3. The van der Waals surface area contributed by atoms with E-state index in [1.54, 1.807) is 0 Å². The summed E-state index contributed by atoms with van der Waals surface area (Å²) in [5.74, 6) is 1.60. The number of carbonyl (C=O) groups is 1. The van der Waals surface area contributed by atoms with E-state index in [1.165, 1.54) is 5.56 Å². The molecule has 3 aromatic rings. The Morgan fingerprint density at radius 1 is 0.852 bits per heavy atom. The standard InChI is InChI=1S/C23H22N2O2/c26-23(22-16-24-15-21(22)17-8-3-1-4-9-17)25-18-10-7-13-20(14-18)27-19-11-5-2-6-12-19/h1-14,21-22,24H,15-16H2,(H,25,26)/t21-,22+/m1/s1. The molecule has 0 bridgehead atoms. The van der Waals surface area contributed by atoms with Crippen LogP contribution in [0.15, 0.2) is 84.9 Å². The van der Waals surface area contributed by atoms with Crippen molar-refractivity contribution >= 4 is 11.6 Å². The summed E-state index contributed by atoms with van der Waals surface area (Å²) in [6.45, 7) is 1.50. The highest BCUT2D eigenvalue weighted by Crippen LogP contribution is 2.30. The van der Waals surface area contributed by atoms with Crippen molar-refractivity contribution in [3.8, 4) is 11.5 Å². The van der Waals surface area contributed by atoms with Crippen LogP contribution in [0.1, 0.15) is 11.5 Å². The summed E-state index contributed by atoms with van der Waals surface area (Å²) in [5, 5.41) is 6.40. The lowest BCUT2D eigenvalue weighted by atomic mass is 9.88. The largest absolute Gasteiger partial charge is 0.457 e. The molecule has 1 fully saturated rings. The molecule has 0 spiro atoms. The van der Waals surface area contributed by atoms with Gasteiger partial charge in [0.15, 0.2) is 0 Å². The molecule has 2 atom stereocenters. The maximum atomic E-state index is 12.9. The van der Waals surface area contributed by atoms with Crippen LogP contribution < -0.4 is 15.4 Å². The van der Waals surface area contributed by atoms with Gasteiger partial charge in [-0.05, 0) is 29.8 Å². The number of amides is 1. The van der Waals surface area contributed by atoms with Crippen molar-refractivity contribution in [1.82, 2.24) is 5.32 Å². The molecule has 1 heterocycles. The van der Waals surface area contributed by atoms with Crippen molar-refractivity contribution in [3.63, 3.8) is 0 Å². The molecular formula is C23H22N2O2. The van der Waals surface area contributed by atoms with Crippen LogP contribution in [0.4, 0.5) is 5.69 Å². The summed E-state index contributed by atoms with van der Waals surface area (Å²) in [5.41, 5.74) is 1.94. The monoisotopic (exact) mass is 358 g/mol. The molecule has 0 aliphatic carbocycles. The van der Waals surface area contributed by atoms with Crippen molar-refractivity contribution in [2.24, 2.45) is 5.92 Å². The SMILES string of the molecule is O=C(Nc1cccc(Oc2ccccc2)c1)[C@H]1CNC[C@@H]1c1ccccc1. The fourth-order valence-electron chi connectivity index (χ4n) is 3.50. The third kappa shape index (κ3) is 4.18. The predicted molar refractivity (Wildman–Crippen MR) is 107 cm³/mol. The minimum absolute atomic E-state index is 0.0331. The highest BCUT2D eigenvalue weighted by atomic mass is 16.5. The first-order valence-corrected chi connectivity index (χ1v) is 9.19. The van der Waals surface area contributed by atoms with Crippen molar-refractivity contribution < 1.29 is 9.53 Å². The third-order valence-electron chi connectivity index (χ3n) is 4.86. The van der Waals surface area contributed by atoms with Gasteiger partial charge >= 0.3 is 0 Å². The normalized spacial score (nSPS) is 18.8. The second-order valence-electron chi connectivity index (χ2n) is 6.71. The van der Waals surface area contributed by atoms with Crippen LogP contribution in [0.25, 0.3) is 0 Å². The second kappa shape index (κ2) is 8.06. The molecule has 0 aromatic heterocycles. The van der Waals surface area contributed by atoms with Gasteiger partial charge < -0.3 is 15.4 Å². The van der Waals surface area contributed by atoms with E-state index in [1.807, 2.05) is 72.8 Å². The highest BCUT2D eigenvalue weighted by Gasteiger charge is 2.33. The van der Waals surface area contributed by atoms with Crippen LogP contribution in [0.5, 0.6) is 11.5 Å². The average molecular weight is 358 g/mol. The third-order valence-corrected chi connectivity index (χ3v) is 4.86. The minimum atomic E-state index is -0.0916. The summed E-state index contributed by atoms with van der Waals surface area (Å²) in [6, 6.07) is 27.3. The molecule has 4 heteroatoms. The van der Waals surface area contributed by atoms with Gasteiger partial charge in [0.1, 0.15) is 11.5 Å². The van der Waals surface area contributed by atoms with Gasteiger partial charge in [-0.3, -0.25) is 4.79 Å². The van der Waals surface area contributed by atoms with E-state index >= 15 is 0 Å². The summed E-state index contributed by atoms with van der Waals surface area (Å²) in [6.07, 6.45) is 0. The van der Waals surface area contributed by atoms with E-state index in [-0.39, 0.29) is 17.7 Å². The second-order valence-corrected chi connectivity index (χ2v) is 6.71. The summed E-state index contributed by atoms with van der Waals surface area (Å²) in [4.78, 5) is 12.9. The quantitative estimate of drug-likeness (QED) is 0.710. The molecule has 136 valence electrons. The number of rotatable bonds is 5. The van der Waals surface area contributed by atoms with E-state index in [2.05, 4.69) is 22.8 Å². The Bertz CT molecular complexity index is 897. The highest BCUT2D eigenvalue weighted by molar-refractivity contribution is 5.93. The Morgan fingerprint density at radius 3 is 2.33 bits per heavy atom. The maximum absolute atomic E-state index is 12.9. The zero-order valence-electron chi connectivity index (χ0n) is 15.0. The zero-order chi connectivity index (χ0) is 18.5. The van der Waals surface area contributed by atoms with Crippen LogP contribution in [0.3, 0.4) is 0 Å². The fraction of sp³-hybridized carbons (Fsp3) is 0.174. The van der Waals surface area contributed by atoms with Gasteiger partial charge in [-0.25, -0.2) is 0 Å². The van der Waals surface area contributed by atoms with E-state index in [0.29, 0.717) is 12.3 Å². The molecule has 0 unspecified atom stereocenters. The topological polar surface area (TPSA) is 50.4 Å². The molecule has 3 aromatic carbocycles. The van der Waals surface area contributed by atoms with Crippen LogP contribution in [0, 0.1) is 5.92 Å². The molecule has 0 radical (unpaired) electrons. The molecule has 1 aliphatic heterocycles. The van der Waals surface area contributed by atoms with Gasteiger partial charge in [-0.15, -0.1) is 0 Å². The Morgan fingerprint density at radius 2 is 1.56 bits per heavy atom. The Labute approximate surface area is 159 Å². The summed E-state index contributed by atoms with van der Waals surface area (Å²) < 4.78 is 5.85. The molecule has 1 amide bonds. The first-order chi connectivity index (χ1) is 13.3. The smallest absolute Gasteiger partial charge is 0.229 e. The number of anilines is 1. The number of ether oxygens (including phenoxy) is 1. The van der Waals surface area contributed by atoms with E-state index in [0.717, 1.165) is 18.0 Å². The van der Waals surface area contributed by atoms with Gasteiger partial charge in [-0.2, -0.15) is 0 Å². The van der Waals surface area contributed by atoms with Gasteiger partial charge in [-0.1, -0.05) is 54.6 Å². The number of hydrogen-bond donors (Lipinski definition) is 2. The molecule has 4 nitrogen and oxygen atoms in total. The van der Waals surface area contributed by atoms with Crippen LogP contribution in [-0.2, 0) is 4.79 Å². The molecule has 4 rings (SSSR count). The van der Waals surface area contributed by atoms with Gasteiger partial charge in [0.25, 0.3) is 0 Å². The molecule has 1 saturated heterocycles. The number of para-hydroxylation sites is 1. The van der Waals surface area contributed by atoms with E-state index in [9.17, 15) is 4.79 Å². The fourth-order valence-corrected chi connectivity index (χ4v) is 3.50. The van der Waals surface area contributed by atoms with Crippen molar-refractivity contribution in [1.29, 1.82) is 0 Å². The Hall–Kier alpha value is -3.11. The number of carbonyl (C=O) groups excluding carboxylic acids is 1. The lowest BCUT2D eigenvalue weighted by Gasteiger charge is -2.19. The van der Waals surface area contributed by atoms with Crippen LogP contribution >= 0.6 is 0 Å². The van der Waals surface area contributed by atoms with Gasteiger partial charge in [0.05, 0.1) is 5.92 Å². The van der Waals surface area contributed by atoms with Crippen LogP contribution in [-0.4, -0.2) is 19.0 Å². The number of nitrogens with one attached hydrogen (secondary N) is 2. The lowest BCUT2D eigenvalue weighted by Crippen LogP contribution is -2.28. The van der Waals surface area contributed by atoms with Crippen molar-refractivity contribution in [2.75, 3.05) is 18.4 Å². The minimum Gasteiger partial charge on any atom is -0.457 e. The maximum Gasteiger partial charge on any atom is 0.229 e. The molecular weight excluding hydrogens is 336 g/mol. The first-order valence-electron chi connectivity index (χ1n) is 9.19. The van der Waals surface area contributed by atoms with E-state index in [4.69, 9.17) is 4.74 Å². The Kier molecular flexibility index (Phi) is 5.17. The first kappa shape index (κ1) is 17.3. The van der Waals surface area contributed by atoms with Crippen LogP contribution in [0.2, 0.25) is 0 Å². The lowest BCUT2D eigenvalue weighted by molar-refractivity contribution is -0.119. The zero-order valence-corrected chi connectivity index (χ0v) is 15.0. The van der Waals surface area contributed by atoms with Gasteiger partial charge in [0.2, 0.25) is 5.91 Å². The predicted octanol–water partition coefficient (Wildman–Crippen LogP) is 4.42. The Balaban J connectivity index is 1.45. The average Bonchev–Trinajstić information content (AvgIpc) is 3.20. The van der Waals surface area contributed by atoms with Gasteiger partial charge in [0, 0.05) is 30.8 Å². The molecule has 2 N–H and O–H groups in total. The molecule has 1 aliphatic rings. The van der Waals surface area contributed by atoms with Crippen molar-refractivity contribution in [3.05, 3.63) is 90.5 Å². The number of benzene rings is 3. The molecule has 0 saturated carbocycles. The summed E-state index contributed by atoms with van der Waals surface area (Å²) in [7, 11) is 0. The molecule has 27 heavy (non-hydrogen) atoms. The van der Waals surface area contributed by atoms with Crippen molar-refractivity contribution in [2.45, 2.75) is 5.92 Å². The summed E-state index contributed by atoms with van der Waals surface area (Å²) >= 11 is 0.